The van der Waals surface area contributed by atoms with E-state index in [4.69, 9.17) is 4.74 Å². The van der Waals surface area contributed by atoms with Crippen LogP contribution < -0.4 is 0 Å². The fraction of sp³-hybridized carbons (Fsp3) is 1.00. The topological polar surface area (TPSA) is 73.2 Å². The van der Waals surface area contributed by atoms with Gasteiger partial charge in [0.1, 0.15) is 0 Å². The van der Waals surface area contributed by atoms with Crippen LogP contribution in [0.5, 0.6) is 0 Å². The Hall–Kier alpha value is -0.200. The molecule has 0 unspecified atom stereocenters. The normalized spacial score (nSPS) is 66.2. The van der Waals surface area contributed by atoms with E-state index in [0.29, 0.717) is 12.3 Å². The number of aliphatic hydroxyl groups is 3. The summed E-state index contributed by atoms with van der Waals surface area (Å²) in [5.74, 6) is 0.840. The Morgan fingerprint density at radius 1 is 1.19 bits per heavy atom. The van der Waals surface area contributed by atoms with Crippen molar-refractivity contribution in [2.45, 2.75) is 75.9 Å². The van der Waals surface area contributed by atoms with Gasteiger partial charge in [0.25, 0.3) is 0 Å². The summed E-state index contributed by atoms with van der Waals surface area (Å²) < 4.78 is 5.79. The third-order valence-corrected chi connectivity index (χ3v) is 10.7. The first-order valence-corrected chi connectivity index (χ1v) is 11.2. The highest BCUT2D eigenvalue weighted by atomic mass is 16.5. The second-order valence-electron chi connectivity index (χ2n) is 11.1. The Kier molecular flexibility index (Phi) is 3.33. The molecule has 1 spiro atoms. The lowest BCUT2D eigenvalue weighted by Gasteiger charge is -2.68. The molecule has 0 aromatic rings. The van der Waals surface area contributed by atoms with Crippen LogP contribution in [-0.2, 0) is 4.74 Å². The molecule has 5 aliphatic carbocycles. The summed E-state index contributed by atoms with van der Waals surface area (Å²) in [5.41, 5.74) is -0.788. The molecule has 1 saturated heterocycles. The summed E-state index contributed by atoms with van der Waals surface area (Å²) in [6.45, 7) is 6.74. The second kappa shape index (κ2) is 5.10. The molecule has 0 amide bonds. The lowest BCUT2D eigenvalue weighted by molar-refractivity contribution is -0.266. The van der Waals surface area contributed by atoms with Gasteiger partial charge in [0.15, 0.2) is 0 Å². The van der Waals surface area contributed by atoms with Gasteiger partial charge in [0.2, 0.25) is 0 Å². The van der Waals surface area contributed by atoms with Crippen molar-refractivity contribution in [3.05, 3.63) is 0 Å². The SMILES string of the molecule is CCN1C[C@@]2(C)CC[C@H](O)[C@@]34[C@@H]5C[C@@H]6[C@@H](O)[C@@H]5[C@@](O)(C[C@@H]6OC)[C@@H](C[C@H]23)[C@H]14. The van der Waals surface area contributed by atoms with E-state index in [1.807, 2.05) is 0 Å². The number of likely N-dealkylation sites (tertiary alicyclic amines) is 1. The summed E-state index contributed by atoms with van der Waals surface area (Å²) >= 11 is 0. The molecule has 5 heteroatoms. The summed E-state index contributed by atoms with van der Waals surface area (Å²) in [7, 11) is 1.73. The molecular weight excluding hydrogens is 342 g/mol. The van der Waals surface area contributed by atoms with Gasteiger partial charge in [-0.25, -0.2) is 0 Å². The predicted molar refractivity (Wildman–Crippen MR) is 99.9 cm³/mol. The summed E-state index contributed by atoms with van der Waals surface area (Å²) in [5, 5.41) is 34.9. The fourth-order valence-corrected chi connectivity index (χ4v) is 10.1. The molecule has 1 aliphatic heterocycles. The van der Waals surface area contributed by atoms with Crippen molar-refractivity contribution in [2.75, 3.05) is 20.2 Å². The van der Waals surface area contributed by atoms with E-state index >= 15 is 0 Å². The van der Waals surface area contributed by atoms with Gasteiger partial charge in [-0.1, -0.05) is 13.8 Å². The first-order chi connectivity index (χ1) is 12.8. The van der Waals surface area contributed by atoms with Crippen molar-refractivity contribution >= 4 is 0 Å². The zero-order valence-electron chi connectivity index (χ0n) is 16.8. The van der Waals surface area contributed by atoms with Crippen LogP contribution in [0.2, 0.25) is 0 Å². The number of hydrogen-bond acceptors (Lipinski definition) is 5. The largest absolute Gasteiger partial charge is 0.392 e. The fourth-order valence-electron chi connectivity index (χ4n) is 10.1. The molecular formula is C22H35NO4. The van der Waals surface area contributed by atoms with Crippen molar-refractivity contribution < 1.29 is 20.1 Å². The van der Waals surface area contributed by atoms with E-state index in [9.17, 15) is 15.3 Å². The average molecular weight is 378 g/mol. The van der Waals surface area contributed by atoms with Gasteiger partial charge in [0, 0.05) is 49.3 Å². The molecule has 5 saturated carbocycles. The van der Waals surface area contributed by atoms with E-state index in [0.717, 1.165) is 38.8 Å². The molecule has 5 nitrogen and oxygen atoms in total. The Balaban J connectivity index is 1.59. The molecule has 27 heavy (non-hydrogen) atoms. The van der Waals surface area contributed by atoms with Gasteiger partial charge < -0.3 is 20.1 Å². The maximum atomic E-state index is 12.1. The van der Waals surface area contributed by atoms with Crippen LogP contribution in [0.1, 0.15) is 46.0 Å². The molecule has 7 bridgehead atoms. The Morgan fingerprint density at radius 3 is 2.67 bits per heavy atom. The molecule has 0 aromatic heterocycles. The van der Waals surface area contributed by atoms with E-state index < -0.39 is 11.7 Å². The minimum Gasteiger partial charge on any atom is -0.392 e. The first kappa shape index (κ1) is 17.6. The predicted octanol–water partition coefficient (Wildman–Crippen LogP) is 1.25. The molecule has 6 rings (SSSR count). The molecule has 1 heterocycles. The van der Waals surface area contributed by atoms with Gasteiger partial charge in [-0.15, -0.1) is 0 Å². The monoisotopic (exact) mass is 377 g/mol. The van der Waals surface area contributed by atoms with Crippen LogP contribution in [-0.4, -0.2) is 70.4 Å². The Labute approximate surface area is 162 Å². The molecule has 12 atom stereocenters. The molecule has 152 valence electrons. The van der Waals surface area contributed by atoms with E-state index in [-0.39, 0.29) is 52.8 Å². The number of nitrogens with zero attached hydrogens (tertiary/aromatic N) is 1. The summed E-state index contributed by atoms with van der Waals surface area (Å²) in [6, 6.07) is 0.253. The molecule has 3 N–H and O–H groups in total. The third kappa shape index (κ3) is 1.66. The van der Waals surface area contributed by atoms with Crippen LogP contribution in [0.15, 0.2) is 0 Å². The van der Waals surface area contributed by atoms with Gasteiger partial charge >= 0.3 is 0 Å². The second-order valence-corrected chi connectivity index (χ2v) is 11.1. The van der Waals surface area contributed by atoms with Crippen LogP contribution in [0.3, 0.4) is 0 Å². The van der Waals surface area contributed by atoms with Gasteiger partial charge in [-0.2, -0.15) is 0 Å². The highest BCUT2D eigenvalue weighted by Gasteiger charge is 2.82. The van der Waals surface area contributed by atoms with Crippen molar-refractivity contribution in [1.82, 2.24) is 4.90 Å². The highest BCUT2D eigenvalue weighted by Crippen LogP contribution is 2.78. The Bertz CT molecular complexity index is 673. The lowest BCUT2D eigenvalue weighted by atomic mass is 9.43. The van der Waals surface area contributed by atoms with E-state index in [2.05, 4.69) is 18.7 Å². The summed E-state index contributed by atoms with van der Waals surface area (Å²) in [4.78, 5) is 2.60. The quantitative estimate of drug-likeness (QED) is 0.676. The maximum Gasteiger partial charge on any atom is 0.0771 e. The van der Waals surface area contributed by atoms with Gasteiger partial charge in [0.05, 0.1) is 23.9 Å². The highest BCUT2D eigenvalue weighted by molar-refractivity contribution is 5.32. The average Bonchev–Trinajstić information content (AvgIpc) is 3.07. The summed E-state index contributed by atoms with van der Waals surface area (Å²) in [6.07, 6.45) is 3.66. The lowest BCUT2D eigenvalue weighted by Crippen LogP contribution is -2.75. The van der Waals surface area contributed by atoms with Crippen molar-refractivity contribution in [1.29, 1.82) is 0 Å². The van der Waals surface area contributed by atoms with E-state index in [1.54, 1.807) is 7.11 Å². The van der Waals surface area contributed by atoms with Crippen LogP contribution in [0.4, 0.5) is 0 Å². The number of fused-ring (bicyclic) bond motifs is 2. The molecule has 6 aliphatic rings. The number of ether oxygens (including phenoxy) is 1. The van der Waals surface area contributed by atoms with Crippen molar-refractivity contribution in [3.63, 3.8) is 0 Å². The number of methoxy groups -OCH3 is 1. The van der Waals surface area contributed by atoms with Crippen LogP contribution >= 0.6 is 0 Å². The van der Waals surface area contributed by atoms with Gasteiger partial charge in [-0.3, -0.25) is 4.90 Å². The number of rotatable bonds is 2. The number of piperidine rings is 1. The number of hydrogen-bond donors (Lipinski definition) is 3. The van der Waals surface area contributed by atoms with Crippen molar-refractivity contribution in [2.24, 2.45) is 40.4 Å². The third-order valence-electron chi connectivity index (χ3n) is 10.7. The minimum atomic E-state index is -0.858. The number of aliphatic hydroxyl groups excluding tert-OH is 2. The van der Waals surface area contributed by atoms with Crippen molar-refractivity contribution in [3.8, 4) is 0 Å². The van der Waals surface area contributed by atoms with E-state index in [1.165, 1.54) is 0 Å². The molecule has 6 fully saturated rings. The Morgan fingerprint density at radius 2 is 1.96 bits per heavy atom. The maximum absolute atomic E-state index is 12.1. The standard InChI is InChI=1S/C22H35NO4/c1-4-23-10-20(2)6-5-16(24)22-12-7-11-14(27-3)9-21(26,17(12)18(11)25)13(19(22)23)8-15(20)22/h11-19,24-26H,4-10H2,1-3H3/t11-,12+,13-,14-,15+,16-,17+,18+,19-,20+,21+,22+/m0/s1. The first-order valence-electron chi connectivity index (χ1n) is 11.2. The van der Waals surface area contributed by atoms with Gasteiger partial charge in [-0.05, 0) is 49.5 Å². The molecule has 0 radical (unpaired) electrons. The smallest absolute Gasteiger partial charge is 0.0771 e. The van der Waals surface area contributed by atoms with Crippen LogP contribution in [0, 0.1) is 40.4 Å². The van der Waals surface area contributed by atoms with Crippen LogP contribution in [0.25, 0.3) is 0 Å². The zero-order valence-corrected chi connectivity index (χ0v) is 16.8. The molecule has 0 aromatic carbocycles. The minimum absolute atomic E-state index is 0.0657. The zero-order chi connectivity index (χ0) is 18.9.